The van der Waals surface area contributed by atoms with Gasteiger partial charge >= 0.3 is 7.82 Å². The minimum atomic E-state index is -5.20. The highest BCUT2D eigenvalue weighted by atomic mass is 31.2. The quantitative estimate of drug-likeness (QED) is 0.0611. The molecule has 11 N–H and O–H groups in total. The smallest absolute Gasteiger partial charge is 0.394 e. The van der Waals surface area contributed by atoms with E-state index in [9.17, 15) is 50.2 Å². The molecule has 0 unspecified atom stereocenters. The van der Waals surface area contributed by atoms with Crippen LogP contribution in [0, 0.1) is 0 Å². The predicted molar refractivity (Wildman–Crippen MR) is 123 cm³/mol. The molecular weight excluding hydrogens is 589 g/mol. The minimum absolute atomic E-state index is 0.667. The van der Waals surface area contributed by atoms with Crippen LogP contribution in [0.25, 0.3) is 0 Å². The van der Waals surface area contributed by atoms with E-state index in [1.807, 2.05) is 0 Å². The van der Waals surface area contributed by atoms with E-state index in [1.54, 1.807) is 0 Å². The monoisotopic (exact) mass is 625 g/mol. The van der Waals surface area contributed by atoms with Gasteiger partial charge in [-0.15, -0.1) is 0 Å². The zero-order valence-electron chi connectivity index (χ0n) is 21.7. The van der Waals surface area contributed by atoms with E-state index >= 15 is 0 Å². The molecule has 3 rings (SSSR count). The van der Waals surface area contributed by atoms with Crippen LogP contribution in [0.4, 0.5) is 0 Å². The van der Waals surface area contributed by atoms with Crippen LogP contribution in [0.1, 0.15) is 13.8 Å². The molecule has 3 heterocycles. The Balaban J connectivity index is 1.73. The Morgan fingerprint density at radius 2 is 1.34 bits per heavy atom. The molecule has 3 saturated heterocycles. The summed E-state index contributed by atoms with van der Waals surface area (Å²) in [6.45, 7) is 0.700. The van der Waals surface area contributed by atoms with Gasteiger partial charge in [0.2, 0.25) is 18.5 Å². The molecule has 21 heteroatoms. The van der Waals surface area contributed by atoms with Crippen molar-refractivity contribution < 1.29 is 93.2 Å². The lowest BCUT2D eigenvalue weighted by molar-refractivity contribution is -0.470. The fraction of sp³-hybridized carbons (Fsp3) is 0.950. The molecule has 41 heavy (non-hydrogen) atoms. The van der Waals surface area contributed by atoms with Gasteiger partial charge in [-0.2, -0.15) is 0 Å². The van der Waals surface area contributed by atoms with Crippen LogP contribution in [0.15, 0.2) is 0 Å². The number of hydrogen-bond acceptors (Lipinski definition) is 17. The first-order chi connectivity index (χ1) is 19.1. The average Bonchev–Trinajstić information content (AvgIpc) is 2.89. The van der Waals surface area contributed by atoms with Crippen LogP contribution in [-0.2, 0) is 42.6 Å². The van der Waals surface area contributed by atoms with Crippen LogP contribution < -0.4 is 5.32 Å². The van der Waals surface area contributed by atoms with Crippen molar-refractivity contribution in [3.8, 4) is 0 Å². The third-order valence-electron chi connectivity index (χ3n) is 6.65. The van der Waals surface area contributed by atoms with Gasteiger partial charge in [0.05, 0.1) is 19.3 Å². The maximum Gasteiger partial charge on any atom is 0.472 e. The number of phosphoric ester groups is 1. The lowest BCUT2D eigenvalue weighted by Gasteiger charge is -2.47. The number of hydrogen-bond donors (Lipinski definition) is 11. The Morgan fingerprint density at radius 3 is 1.90 bits per heavy atom. The predicted octanol–water partition coefficient (Wildman–Crippen LogP) is -6.35. The molecule has 0 aliphatic carbocycles. The van der Waals surface area contributed by atoms with Crippen LogP contribution >= 0.6 is 7.82 Å². The van der Waals surface area contributed by atoms with Crippen LogP contribution in [0.3, 0.4) is 0 Å². The molecule has 15 atom stereocenters. The van der Waals surface area contributed by atoms with Crippen molar-refractivity contribution in [2.24, 2.45) is 0 Å². The summed E-state index contributed by atoms with van der Waals surface area (Å²) < 4.78 is 37.3. The van der Waals surface area contributed by atoms with Crippen molar-refractivity contribution in [2.45, 2.75) is 106 Å². The van der Waals surface area contributed by atoms with Gasteiger partial charge in [-0.25, -0.2) is 14.3 Å². The molecule has 0 bridgehead atoms. The topological polar surface area (TPSA) is 313 Å². The van der Waals surface area contributed by atoms with Crippen LogP contribution in [0.5, 0.6) is 0 Å². The summed E-state index contributed by atoms with van der Waals surface area (Å²) >= 11 is 0. The molecule has 0 aromatic rings. The van der Waals surface area contributed by atoms with Crippen LogP contribution in [0.2, 0.25) is 0 Å². The maximum absolute atomic E-state index is 11.7. The highest BCUT2D eigenvalue weighted by Crippen LogP contribution is 2.41. The number of phosphoric acid groups is 1. The Kier molecular flexibility index (Phi) is 12.0. The van der Waals surface area contributed by atoms with E-state index in [1.165, 1.54) is 6.92 Å². The van der Waals surface area contributed by atoms with Crippen molar-refractivity contribution in [1.29, 1.82) is 0 Å². The number of rotatable bonds is 10. The molecular formula is C20H36NO19P. The van der Waals surface area contributed by atoms with Gasteiger partial charge in [0.1, 0.15) is 61.0 Å². The highest BCUT2D eigenvalue weighted by molar-refractivity contribution is 7.46. The summed E-state index contributed by atoms with van der Waals surface area (Å²) in [5.74, 6) is -0.667. The first kappa shape index (κ1) is 34.5. The standard InChI is InChI=1S/C20H36NO19P/c1-5-10(25)13(28)17(20(34-5)40-41(31,32)33)38-39-19-15(30)14(29)16(8(4-23)36-19)37-18-9(21-6(2)24)12(27)11(26)7(3-22)35-18/h5,7-20,22-23,25-30H,3-4H2,1-2H3,(H,21,24)(H2,31,32,33)/t5-,7+,8+,9-,10-,11+,12+,13+,14+,15+,16+,17+,18-,19+,20-/m0/s1. The van der Waals surface area contributed by atoms with E-state index in [0.29, 0.717) is 0 Å². The number of carbonyl (C=O) groups is 1. The zero-order valence-corrected chi connectivity index (χ0v) is 22.6. The summed E-state index contributed by atoms with van der Waals surface area (Å²) in [4.78, 5) is 39.8. The number of ether oxygens (including phenoxy) is 4. The number of amides is 1. The molecule has 0 aromatic carbocycles. The van der Waals surface area contributed by atoms with Crippen LogP contribution in [-0.4, -0.2) is 162 Å². The normalized spacial score (nSPS) is 45.8. The summed E-state index contributed by atoms with van der Waals surface area (Å²) in [6, 6.07) is -1.43. The summed E-state index contributed by atoms with van der Waals surface area (Å²) in [7, 11) is -5.20. The van der Waals surface area contributed by atoms with Gasteiger partial charge in [0, 0.05) is 6.92 Å². The minimum Gasteiger partial charge on any atom is -0.394 e. The Morgan fingerprint density at radius 1 is 0.756 bits per heavy atom. The van der Waals surface area contributed by atoms with Gasteiger partial charge < -0.3 is 74.9 Å². The molecule has 3 fully saturated rings. The van der Waals surface area contributed by atoms with Crippen molar-refractivity contribution in [3.63, 3.8) is 0 Å². The second-order valence-electron chi connectivity index (χ2n) is 9.68. The first-order valence-electron chi connectivity index (χ1n) is 12.3. The molecule has 0 aromatic heterocycles. The zero-order chi connectivity index (χ0) is 30.8. The van der Waals surface area contributed by atoms with E-state index in [2.05, 4.69) is 9.84 Å². The molecule has 3 aliphatic heterocycles. The second kappa shape index (κ2) is 14.2. The lowest BCUT2D eigenvalue weighted by atomic mass is 9.95. The number of aliphatic hydroxyl groups is 8. The summed E-state index contributed by atoms with van der Waals surface area (Å²) in [6.07, 6.45) is -24.1. The van der Waals surface area contributed by atoms with E-state index in [4.69, 9.17) is 38.5 Å². The molecule has 1 amide bonds. The number of carbonyl (C=O) groups excluding carboxylic acids is 1. The van der Waals surface area contributed by atoms with Crippen molar-refractivity contribution >= 4 is 13.7 Å². The number of aliphatic hydroxyl groups excluding tert-OH is 8. The molecule has 0 spiro atoms. The first-order valence-corrected chi connectivity index (χ1v) is 13.9. The third-order valence-corrected chi connectivity index (χ3v) is 7.13. The highest BCUT2D eigenvalue weighted by Gasteiger charge is 2.53. The lowest BCUT2D eigenvalue weighted by Crippen LogP contribution is -2.67. The van der Waals surface area contributed by atoms with Gasteiger partial charge in [0.25, 0.3) is 0 Å². The molecule has 0 radical (unpaired) electrons. The second-order valence-corrected chi connectivity index (χ2v) is 10.9. The Labute approximate surface area is 232 Å². The third kappa shape index (κ3) is 8.15. The molecule has 0 saturated carbocycles. The molecule has 3 aliphatic rings. The Bertz CT molecular complexity index is 908. The van der Waals surface area contributed by atoms with E-state index < -0.39 is 119 Å². The van der Waals surface area contributed by atoms with E-state index in [0.717, 1.165) is 6.92 Å². The fourth-order valence-electron chi connectivity index (χ4n) is 4.49. The summed E-state index contributed by atoms with van der Waals surface area (Å²) in [5, 5.41) is 84.0. The van der Waals surface area contributed by atoms with Crippen molar-refractivity contribution in [1.82, 2.24) is 5.32 Å². The van der Waals surface area contributed by atoms with Gasteiger partial charge in [-0.1, -0.05) is 0 Å². The molecule has 20 nitrogen and oxygen atoms in total. The average molecular weight is 625 g/mol. The van der Waals surface area contributed by atoms with Crippen molar-refractivity contribution in [2.75, 3.05) is 13.2 Å². The SMILES string of the molecule is CC(=O)N[C@@H]1[C@H](O[C@H]2[C@H](O)[C@@H](O)[C@@H](OO[C@H]3[C@H](OP(=O)(O)O)O[C@@H](C)[C@H](O)[C@H]3O)O[C@@H]2CO)O[C@H](CO)[C@@H](O)[C@@H]1O. The Hall–Kier alpha value is -0.980. The van der Waals surface area contributed by atoms with Gasteiger partial charge in [-0.3, -0.25) is 9.32 Å². The molecule has 240 valence electrons. The van der Waals surface area contributed by atoms with E-state index in [-0.39, 0.29) is 0 Å². The summed E-state index contributed by atoms with van der Waals surface area (Å²) in [5.41, 5.74) is 0. The van der Waals surface area contributed by atoms with Crippen molar-refractivity contribution in [3.05, 3.63) is 0 Å². The fourth-order valence-corrected chi connectivity index (χ4v) is 4.93. The maximum atomic E-state index is 11.7. The van der Waals surface area contributed by atoms with Gasteiger partial charge in [-0.05, 0) is 6.92 Å². The number of nitrogens with one attached hydrogen (secondary N) is 1. The largest absolute Gasteiger partial charge is 0.472 e. The van der Waals surface area contributed by atoms with Gasteiger partial charge in [0.15, 0.2) is 12.4 Å².